The lowest BCUT2D eigenvalue weighted by atomic mass is 9.60. The number of carbonyl (C=O) groups is 1. The fourth-order valence-electron chi connectivity index (χ4n) is 2.96. The molecule has 0 saturated heterocycles. The number of hydrogen-bond acceptors (Lipinski definition) is 7. The van der Waals surface area contributed by atoms with Crippen LogP contribution in [0, 0.1) is 0 Å². The lowest BCUT2D eigenvalue weighted by Gasteiger charge is -2.32. The molecule has 6 N–H and O–H groups in total. The van der Waals surface area contributed by atoms with Crippen molar-refractivity contribution in [1.82, 2.24) is 14.8 Å². The highest BCUT2D eigenvalue weighted by Crippen LogP contribution is 2.28. The molecule has 0 aliphatic rings. The molecule has 0 spiro atoms. The van der Waals surface area contributed by atoms with E-state index in [1.165, 1.54) is 17.9 Å². The molecule has 142 valence electrons. The number of halogens is 1. The Morgan fingerprint density at radius 3 is 2.50 bits per heavy atom. The van der Waals surface area contributed by atoms with Crippen LogP contribution in [-0.2, 0) is 16.7 Å². The van der Waals surface area contributed by atoms with E-state index in [1.807, 2.05) is 30.3 Å². The number of aromatic nitrogens is 3. The first-order valence-electron chi connectivity index (χ1n) is 8.19. The maximum atomic E-state index is 12.4. The predicted octanol–water partition coefficient (Wildman–Crippen LogP) is 0.000800. The molecule has 10 heteroatoms. The van der Waals surface area contributed by atoms with Crippen molar-refractivity contribution in [2.24, 2.45) is 11.5 Å². The number of nitrogens with two attached hydrogens (primary N) is 2. The molecule has 2 aromatic rings. The minimum atomic E-state index is -1.92. The van der Waals surface area contributed by atoms with Gasteiger partial charge in [0, 0.05) is 6.42 Å². The van der Waals surface area contributed by atoms with Gasteiger partial charge in [-0.05, 0) is 31.7 Å². The van der Waals surface area contributed by atoms with Gasteiger partial charge < -0.3 is 21.5 Å². The van der Waals surface area contributed by atoms with Gasteiger partial charge in [-0.15, -0.1) is 12.4 Å². The van der Waals surface area contributed by atoms with Crippen LogP contribution >= 0.6 is 12.4 Å². The Hall–Kier alpha value is -1.78. The van der Waals surface area contributed by atoms with Crippen LogP contribution in [0.5, 0.6) is 0 Å². The van der Waals surface area contributed by atoms with Gasteiger partial charge >= 0.3 is 7.12 Å². The minimum Gasteiger partial charge on any atom is -0.425 e. The summed E-state index contributed by atoms with van der Waals surface area (Å²) in [6.45, 7) is 1.32. The molecule has 0 amide bonds. The molecule has 1 unspecified atom stereocenters. The van der Waals surface area contributed by atoms with Gasteiger partial charge in [-0.1, -0.05) is 30.3 Å². The van der Waals surface area contributed by atoms with Crippen LogP contribution in [0.4, 0.5) is 0 Å². The Balaban J connectivity index is 0.00000338. The molecule has 1 aromatic carbocycles. The number of nitrogens with zero attached hydrogens (tertiary/aromatic N) is 3. The zero-order chi connectivity index (χ0) is 18.4. The molecule has 0 saturated carbocycles. The van der Waals surface area contributed by atoms with Gasteiger partial charge in [-0.3, -0.25) is 4.79 Å². The fraction of sp³-hybridized carbons (Fsp3) is 0.438. The highest BCUT2D eigenvalue weighted by molar-refractivity contribution is 6.50. The van der Waals surface area contributed by atoms with Crippen LogP contribution in [0.2, 0.25) is 0 Å². The standard InChI is InChI=1S/C16H24BN5O3.ClH/c1-12(23)16(17(24)25,9-5-8-14(18)19)22-15(20-11-21-22)10-13-6-3-2-4-7-13;/h2-4,6-7,11,14,24-25H,5,8-10,18-19H2,1H3;1H. The van der Waals surface area contributed by atoms with Gasteiger partial charge in [-0.2, -0.15) is 5.10 Å². The summed E-state index contributed by atoms with van der Waals surface area (Å²) in [6.07, 6.45) is 2.24. The van der Waals surface area contributed by atoms with E-state index in [2.05, 4.69) is 10.1 Å². The molecular weight excluding hydrogens is 356 g/mol. The lowest BCUT2D eigenvalue weighted by molar-refractivity contribution is -0.123. The smallest absolute Gasteiger partial charge is 0.425 e. The number of hydrogen-bond donors (Lipinski definition) is 4. The number of carbonyl (C=O) groups excluding carboxylic acids is 1. The molecule has 0 radical (unpaired) electrons. The van der Waals surface area contributed by atoms with E-state index in [0.29, 0.717) is 25.1 Å². The van der Waals surface area contributed by atoms with E-state index in [-0.39, 0.29) is 18.8 Å². The topological polar surface area (TPSA) is 140 Å². The van der Waals surface area contributed by atoms with Gasteiger partial charge in [0.15, 0.2) is 11.2 Å². The molecule has 0 aliphatic carbocycles. The van der Waals surface area contributed by atoms with Crippen molar-refractivity contribution in [1.29, 1.82) is 0 Å². The van der Waals surface area contributed by atoms with E-state index < -0.39 is 24.5 Å². The maximum Gasteiger partial charge on any atom is 0.489 e. The van der Waals surface area contributed by atoms with E-state index in [0.717, 1.165) is 5.56 Å². The Labute approximate surface area is 159 Å². The first-order chi connectivity index (χ1) is 11.9. The Morgan fingerprint density at radius 2 is 1.96 bits per heavy atom. The van der Waals surface area contributed by atoms with Crippen molar-refractivity contribution in [2.45, 2.75) is 44.2 Å². The molecule has 0 aliphatic heterocycles. The summed E-state index contributed by atoms with van der Waals surface area (Å²) in [4.78, 5) is 16.6. The summed E-state index contributed by atoms with van der Waals surface area (Å²) < 4.78 is 1.33. The quantitative estimate of drug-likeness (QED) is 0.354. The Kier molecular flexibility index (Phi) is 8.39. The summed E-state index contributed by atoms with van der Waals surface area (Å²) in [7, 11) is -1.92. The summed E-state index contributed by atoms with van der Waals surface area (Å²) in [5.74, 6) is 0.0689. The monoisotopic (exact) mass is 381 g/mol. The van der Waals surface area contributed by atoms with Crippen LogP contribution in [0.1, 0.15) is 37.6 Å². The average molecular weight is 382 g/mol. The lowest BCUT2D eigenvalue weighted by Crippen LogP contribution is -2.55. The van der Waals surface area contributed by atoms with Crippen LogP contribution < -0.4 is 11.5 Å². The van der Waals surface area contributed by atoms with Crippen molar-refractivity contribution in [3.05, 3.63) is 48.0 Å². The highest BCUT2D eigenvalue weighted by atomic mass is 35.5. The molecule has 2 rings (SSSR count). The van der Waals surface area contributed by atoms with E-state index in [9.17, 15) is 14.8 Å². The first-order valence-corrected chi connectivity index (χ1v) is 8.19. The summed E-state index contributed by atoms with van der Waals surface area (Å²) in [5.41, 5.74) is 10.5. The first kappa shape index (κ1) is 22.3. The number of benzene rings is 1. The summed E-state index contributed by atoms with van der Waals surface area (Å²) >= 11 is 0. The number of ketones is 1. The van der Waals surface area contributed by atoms with Crippen molar-refractivity contribution in [2.75, 3.05) is 0 Å². The summed E-state index contributed by atoms with van der Waals surface area (Å²) in [5, 5.41) is 24.2. The zero-order valence-electron chi connectivity index (χ0n) is 14.7. The molecule has 0 bridgehead atoms. The largest absolute Gasteiger partial charge is 0.489 e. The van der Waals surface area contributed by atoms with Gasteiger partial charge in [0.05, 0.1) is 6.17 Å². The average Bonchev–Trinajstić information content (AvgIpc) is 3.00. The van der Waals surface area contributed by atoms with Gasteiger partial charge in [0.25, 0.3) is 0 Å². The SMILES string of the molecule is CC(=O)C(CCCC(N)N)(B(O)O)n1ncnc1Cc1ccccc1.Cl. The molecule has 0 fully saturated rings. The highest BCUT2D eigenvalue weighted by Gasteiger charge is 2.50. The fourth-order valence-corrected chi connectivity index (χ4v) is 2.96. The van der Waals surface area contributed by atoms with Crippen LogP contribution in [0.3, 0.4) is 0 Å². The third kappa shape index (κ3) is 4.90. The van der Waals surface area contributed by atoms with Crippen LogP contribution in [-0.4, -0.2) is 43.9 Å². The second-order valence-electron chi connectivity index (χ2n) is 6.16. The predicted molar refractivity (Wildman–Crippen MR) is 101 cm³/mol. The van der Waals surface area contributed by atoms with Crippen molar-refractivity contribution >= 4 is 25.3 Å². The molecule has 1 aromatic heterocycles. The van der Waals surface area contributed by atoms with E-state index >= 15 is 0 Å². The molecule has 1 atom stereocenters. The summed E-state index contributed by atoms with van der Waals surface area (Å²) in [6, 6.07) is 9.56. The Bertz CT molecular complexity index is 698. The number of rotatable bonds is 9. The van der Waals surface area contributed by atoms with Crippen molar-refractivity contribution in [3.63, 3.8) is 0 Å². The van der Waals surface area contributed by atoms with E-state index in [1.54, 1.807) is 0 Å². The third-order valence-corrected chi connectivity index (χ3v) is 4.33. The minimum absolute atomic E-state index is 0. The van der Waals surface area contributed by atoms with Gasteiger partial charge in [-0.25, -0.2) is 9.67 Å². The maximum absolute atomic E-state index is 12.4. The van der Waals surface area contributed by atoms with E-state index in [4.69, 9.17) is 11.5 Å². The molecule has 8 nitrogen and oxygen atoms in total. The molecule has 1 heterocycles. The Morgan fingerprint density at radius 1 is 1.31 bits per heavy atom. The molecule has 26 heavy (non-hydrogen) atoms. The second kappa shape index (κ2) is 9.79. The van der Waals surface area contributed by atoms with Crippen LogP contribution in [0.25, 0.3) is 0 Å². The normalized spacial score (nSPS) is 13.2. The zero-order valence-corrected chi connectivity index (χ0v) is 15.5. The molecular formula is C16H25BClN5O3. The van der Waals surface area contributed by atoms with Gasteiger partial charge in [0.1, 0.15) is 12.2 Å². The van der Waals surface area contributed by atoms with Gasteiger partial charge in [0.2, 0.25) is 0 Å². The number of Topliss-reactive ketones (excluding diaryl/α,β-unsaturated/α-hetero) is 1. The van der Waals surface area contributed by atoms with Crippen LogP contribution in [0.15, 0.2) is 36.7 Å². The van der Waals surface area contributed by atoms with Crippen molar-refractivity contribution < 1.29 is 14.8 Å². The third-order valence-electron chi connectivity index (χ3n) is 4.33. The second-order valence-corrected chi connectivity index (χ2v) is 6.16. The van der Waals surface area contributed by atoms with Crippen molar-refractivity contribution in [3.8, 4) is 0 Å².